The number of amidine groups is 1. The minimum absolute atomic E-state index is 0.347. The lowest BCUT2D eigenvalue weighted by atomic mass is 10.2. The molecule has 0 bridgehead atoms. The average Bonchev–Trinajstić information content (AvgIpc) is 2.00. The standard InChI is InChI=1S/C9H20N2O/c1-7(2)9(10)11-5-8(3)6-12-4/h7-8H,5-6H2,1-4H3,(H2,10,11). The summed E-state index contributed by atoms with van der Waals surface area (Å²) in [5.74, 6) is 1.53. The van der Waals surface area contributed by atoms with Gasteiger partial charge in [0.25, 0.3) is 0 Å². The van der Waals surface area contributed by atoms with E-state index in [9.17, 15) is 0 Å². The van der Waals surface area contributed by atoms with E-state index in [0.717, 1.165) is 19.0 Å². The molecular formula is C9H20N2O. The number of nitrogens with zero attached hydrogens (tertiary/aromatic N) is 1. The Morgan fingerprint density at radius 3 is 2.42 bits per heavy atom. The summed E-state index contributed by atoms with van der Waals surface area (Å²) in [6, 6.07) is 0. The van der Waals surface area contributed by atoms with Gasteiger partial charge in [0.2, 0.25) is 0 Å². The van der Waals surface area contributed by atoms with E-state index in [-0.39, 0.29) is 0 Å². The zero-order valence-corrected chi connectivity index (χ0v) is 8.50. The molecule has 0 fully saturated rings. The highest BCUT2D eigenvalue weighted by molar-refractivity contribution is 5.82. The van der Waals surface area contributed by atoms with E-state index in [1.165, 1.54) is 0 Å². The van der Waals surface area contributed by atoms with Crippen molar-refractivity contribution in [3.05, 3.63) is 0 Å². The summed E-state index contributed by atoms with van der Waals surface area (Å²) >= 11 is 0. The lowest BCUT2D eigenvalue weighted by Gasteiger charge is -2.08. The molecule has 0 heterocycles. The van der Waals surface area contributed by atoms with Crippen LogP contribution >= 0.6 is 0 Å². The van der Waals surface area contributed by atoms with E-state index >= 15 is 0 Å². The third-order valence-corrected chi connectivity index (χ3v) is 1.63. The molecule has 1 unspecified atom stereocenters. The van der Waals surface area contributed by atoms with Gasteiger partial charge in [0.15, 0.2) is 0 Å². The molecule has 0 rings (SSSR count). The van der Waals surface area contributed by atoms with Crippen LogP contribution in [-0.2, 0) is 4.74 Å². The van der Waals surface area contributed by atoms with Gasteiger partial charge in [-0.3, -0.25) is 4.99 Å². The SMILES string of the molecule is COCC(C)CN=C(N)C(C)C. The van der Waals surface area contributed by atoms with Crippen LogP contribution in [0.15, 0.2) is 4.99 Å². The molecule has 0 spiro atoms. The number of nitrogens with two attached hydrogens (primary N) is 1. The van der Waals surface area contributed by atoms with Crippen molar-refractivity contribution >= 4 is 5.84 Å². The molecule has 1 atom stereocenters. The van der Waals surface area contributed by atoms with Crippen molar-refractivity contribution in [2.45, 2.75) is 20.8 Å². The van der Waals surface area contributed by atoms with Crippen LogP contribution in [0, 0.1) is 11.8 Å². The van der Waals surface area contributed by atoms with Crippen molar-refractivity contribution in [1.82, 2.24) is 0 Å². The molecule has 0 aliphatic heterocycles. The highest BCUT2D eigenvalue weighted by Gasteiger charge is 2.02. The van der Waals surface area contributed by atoms with Crippen molar-refractivity contribution in [1.29, 1.82) is 0 Å². The molecule has 72 valence electrons. The Balaban J connectivity index is 3.71. The van der Waals surface area contributed by atoms with E-state index < -0.39 is 0 Å². The molecule has 12 heavy (non-hydrogen) atoms. The van der Waals surface area contributed by atoms with Gasteiger partial charge in [-0.05, 0) is 5.92 Å². The van der Waals surface area contributed by atoms with Gasteiger partial charge in [0.1, 0.15) is 0 Å². The average molecular weight is 172 g/mol. The molecule has 0 saturated carbocycles. The van der Waals surface area contributed by atoms with Crippen molar-refractivity contribution in [3.63, 3.8) is 0 Å². The largest absolute Gasteiger partial charge is 0.387 e. The van der Waals surface area contributed by atoms with Gasteiger partial charge in [0.05, 0.1) is 12.4 Å². The summed E-state index contributed by atoms with van der Waals surface area (Å²) in [7, 11) is 1.70. The van der Waals surface area contributed by atoms with Crippen LogP contribution in [0.2, 0.25) is 0 Å². The summed E-state index contributed by atoms with van der Waals surface area (Å²) in [5, 5.41) is 0. The fourth-order valence-corrected chi connectivity index (χ4v) is 0.781. The van der Waals surface area contributed by atoms with Gasteiger partial charge < -0.3 is 10.5 Å². The van der Waals surface area contributed by atoms with Gasteiger partial charge in [-0.1, -0.05) is 20.8 Å². The molecule has 0 amide bonds. The first-order chi connectivity index (χ1) is 5.57. The van der Waals surface area contributed by atoms with E-state index in [1.54, 1.807) is 7.11 Å². The molecule has 0 aliphatic carbocycles. The summed E-state index contributed by atoms with van der Waals surface area (Å²) < 4.78 is 4.99. The Bertz CT molecular complexity index is 143. The molecule has 0 aliphatic rings. The minimum atomic E-state index is 0.347. The number of rotatable bonds is 5. The predicted molar refractivity (Wildman–Crippen MR) is 52.4 cm³/mol. The van der Waals surface area contributed by atoms with Gasteiger partial charge in [0, 0.05) is 19.6 Å². The molecule has 3 heteroatoms. The second-order valence-corrected chi connectivity index (χ2v) is 3.48. The van der Waals surface area contributed by atoms with Crippen LogP contribution in [0.3, 0.4) is 0 Å². The number of aliphatic imine (C=N–C) groups is 1. The second kappa shape index (κ2) is 6.00. The van der Waals surface area contributed by atoms with Crippen LogP contribution in [0.25, 0.3) is 0 Å². The van der Waals surface area contributed by atoms with Crippen molar-refractivity contribution < 1.29 is 4.74 Å². The Morgan fingerprint density at radius 2 is 2.00 bits per heavy atom. The maximum Gasteiger partial charge on any atom is 0.0962 e. The molecule has 0 saturated heterocycles. The predicted octanol–water partition coefficient (Wildman–Crippen LogP) is 1.28. The third kappa shape index (κ3) is 5.13. The second-order valence-electron chi connectivity index (χ2n) is 3.48. The smallest absolute Gasteiger partial charge is 0.0962 e. The first kappa shape index (κ1) is 11.4. The van der Waals surface area contributed by atoms with E-state index in [4.69, 9.17) is 10.5 Å². The fourth-order valence-electron chi connectivity index (χ4n) is 0.781. The summed E-state index contributed by atoms with van der Waals surface area (Å²) in [4.78, 5) is 4.26. The molecule has 0 aromatic carbocycles. The Morgan fingerprint density at radius 1 is 1.42 bits per heavy atom. The van der Waals surface area contributed by atoms with Crippen LogP contribution < -0.4 is 5.73 Å². The quantitative estimate of drug-likeness (QED) is 0.501. The van der Waals surface area contributed by atoms with Gasteiger partial charge in [-0.25, -0.2) is 0 Å². The van der Waals surface area contributed by atoms with Crippen LogP contribution in [0.1, 0.15) is 20.8 Å². The van der Waals surface area contributed by atoms with Gasteiger partial charge in [-0.2, -0.15) is 0 Å². The Kier molecular flexibility index (Phi) is 5.72. The van der Waals surface area contributed by atoms with Crippen molar-refractivity contribution in [2.75, 3.05) is 20.3 Å². The zero-order valence-electron chi connectivity index (χ0n) is 8.50. The number of hydrogen-bond donors (Lipinski definition) is 1. The fraction of sp³-hybridized carbons (Fsp3) is 0.889. The molecule has 2 N–H and O–H groups in total. The first-order valence-corrected chi connectivity index (χ1v) is 4.36. The van der Waals surface area contributed by atoms with E-state index in [1.807, 2.05) is 13.8 Å². The van der Waals surface area contributed by atoms with Crippen molar-refractivity contribution in [2.24, 2.45) is 22.6 Å². The summed E-state index contributed by atoms with van der Waals surface area (Å²) in [5.41, 5.74) is 5.67. The molecule has 0 aromatic rings. The molecule has 3 nitrogen and oxygen atoms in total. The van der Waals surface area contributed by atoms with Gasteiger partial charge in [-0.15, -0.1) is 0 Å². The summed E-state index contributed by atoms with van der Waals surface area (Å²) in [6.07, 6.45) is 0. The monoisotopic (exact) mass is 172 g/mol. The lowest BCUT2D eigenvalue weighted by Crippen LogP contribution is -2.20. The van der Waals surface area contributed by atoms with Crippen LogP contribution in [-0.4, -0.2) is 26.1 Å². The zero-order chi connectivity index (χ0) is 9.56. The van der Waals surface area contributed by atoms with Gasteiger partial charge >= 0.3 is 0 Å². The normalized spacial score (nSPS) is 15.2. The Hall–Kier alpha value is -0.570. The number of methoxy groups -OCH3 is 1. The van der Waals surface area contributed by atoms with E-state index in [2.05, 4.69) is 11.9 Å². The molecule has 0 radical (unpaired) electrons. The number of hydrogen-bond acceptors (Lipinski definition) is 2. The number of ether oxygens (including phenoxy) is 1. The van der Waals surface area contributed by atoms with E-state index in [0.29, 0.717) is 11.8 Å². The lowest BCUT2D eigenvalue weighted by molar-refractivity contribution is 0.163. The maximum atomic E-state index is 5.67. The summed E-state index contributed by atoms with van der Waals surface area (Å²) in [6.45, 7) is 7.69. The highest BCUT2D eigenvalue weighted by atomic mass is 16.5. The molecule has 0 aromatic heterocycles. The van der Waals surface area contributed by atoms with Crippen LogP contribution in [0.5, 0.6) is 0 Å². The highest BCUT2D eigenvalue weighted by Crippen LogP contribution is 1.98. The minimum Gasteiger partial charge on any atom is -0.387 e. The van der Waals surface area contributed by atoms with Crippen LogP contribution in [0.4, 0.5) is 0 Å². The Labute approximate surface area is 75.0 Å². The van der Waals surface area contributed by atoms with Crippen molar-refractivity contribution in [3.8, 4) is 0 Å². The topological polar surface area (TPSA) is 47.6 Å². The third-order valence-electron chi connectivity index (χ3n) is 1.63. The first-order valence-electron chi connectivity index (χ1n) is 4.36. The molecular weight excluding hydrogens is 152 g/mol. The maximum absolute atomic E-state index is 5.67.